The van der Waals surface area contributed by atoms with E-state index in [2.05, 4.69) is 10.5 Å². The smallest absolute Gasteiger partial charge is 0.325 e. The van der Waals surface area contributed by atoms with E-state index in [0.717, 1.165) is 5.56 Å². The van der Waals surface area contributed by atoms with Crippen LogP contribution in [-0.4, -0.2) is 34.8 Å². The molecule has 1 aromatic rings. The van der Waals surface area contributed by atoms with Crippen molar-refractivity contribution in [1.29, 1.82) is 0 Å². The van der Waals surface area contributed by atoms with E-state index >= 15 is 0 Å². The highest BCUT2D eigenvalue weighted by Crippen LogP contribution is 2.16. The van der Waals surface area contributed by atoms with Crippen molar-refractivity contribution in [2.45, 2.75) is 25.5 Å². The number of carbonyl (C=O) groups is 2. The first-order chi connectivity index (χ1) is 9.08. The van der Waals surface area contributed by atoms with Gasteiger partial charge in [-0.05, 0) is 12.5 Å². The van der Waals surface area contributed by atoms with E-state index in [-0.39, 0.29) is 0 Å². The Morgan fingerprint density at radius 2 is 2.11 bits per heavy atom. The summed E-state index contributed by atoms with van der Waals surface area (Å²) in [5.41, 5.74) is 1.58. The van der Waals surface area contributed by atoms with Gasteiger partial charge in [-0.25, -0.2) is 0 Å². The van der Waals surface area contributed by atoms with Crippen LogP contribution in [0.4, 0.5) is 0 Å². The number of amides is 1. The highest BCUT2D eigenvalue weighted by Gasteiger charge is 2.30. The minimum atomic E-state index is -1.09. The maximum absolute atomic E-state index is 11.8. The fourth-order valence-corrected chi connectivity index (χ4v) is 1.69. The van der Waals surface area contributed by atoms with Gasteiger partial charge in [0.1, 0.15) is 6.04 Å². The highest BCUT2D eigenvalue weighted by molar-refractivity contribution is 6.04. The van der Waals surface area contributed by atoms with Gasteiger partial charge >= 0.3 is 5.97 Å². The van der Waals surface area contributed by atoms with Crippen molar-refractivity contribution >= 4 is 17.6 Å². The third-order valence-corrected chi connectivity index (χ3v) is 2.80. The van der Waals surface area contributed by atoms with Crippen LogP contribution < -0.4 is 5.32 Å². The molecule has 6 nitrogen and oxygen atoms in total. The molecule has 0 aromatic heterocycles. The molecule has 1 aromatic carbocycles. The van der Waals surface area contributed by atoms with Gasteiger partial charge in [0.25, 0.3) is 5.91 Å². The molecule has 1 aliphatic rings. The number of nitrogens with one attached hydrogen (secondary N) is 1. The van der Waals surface area contributed by atoms with Gasteiger partial charge in [0.15, 0.2) is 0 Å². The Kier molecular flexibility index (Phi) is 3.79. The quantitative estimate of drug-likeness (QED) is 0.838. The van der Waals surface area contributed by atoms with Crippen molar-refractivity contribution in [3.8, 4) is 0 Å². The van der Waals surface area contributed by atoms with Crippen molar-refractivity contribution in [2.24, 2.45) is 5.16 Å². The van der Waals surface area contributed by atoms with Gasteiger partial charge < -0.3 is 15.3 Å². The molecule has 2 N–H and O–H groups in total. The second kappa shape index (κ2) is 5.51. The summed E-state index contributed by atoms with van der Waals surface area (Å²) in [4.78, 5) is 27.5. The molecular weight excluding hydrogens is 248 g/mol. The van der Waals surface area contributed by atoms with Gasteiger partial charge in [0.05, 0.1) is 5.71 Å². The Morgan fingerprint density at radius 1 is 1.42 bits per heavy atom. The third-order valence-electron chi connectivity index (χ3n) is 2.80. The number of carbonyl (C=O) groups excluding carboxylic acids is 1. The molecule has 0 fully saturated rings. The van der Waals surface area contributed by atoms with Crippen LogP contribution in [0, 0.1) is 0 Å². The summed E-state index contributed by atoms with van der Waals surface area (Å²) in [6.07, 6.45) is -0.431. The maximum Gasteiger partial charge on any atom is 0.325 e. The first kappa shape index (κ1) is 13.1. The minimum absolute atomic E-state index is 0.336. The first-order valence-electron chi connectivity index (χ1n) is 5.89. The first-order valence-corrected chi connectivity index (χ1v) is 5.89. The Bertz CT molecular complexity index is 513. The molecule has 19 heavy (non-hydrogen) atoms. The maximum atomic E-state index is 11.8. The number of oxime groups is 1. The molecule has 1 aliphatic heterocycles. The summed E-state index contributed by atoms with van der Waals surface area (Å²) in [5.74, 6) is -1.56. The molecule has 0 saturated heterocycles. The number of hydrogen-bond acceptors (Lipinski definition) is 4. The van der Waals surface area contributed by atoms with E-state index in [4.69, 9.17) is 9.94 Å². The van der Waals surface area contributed by atoms with Crippen molar-refractivity contribution in [3.05, 3.63) is 35.9 Å². The van der Waals surface area contributed by atoms with E-state index in [9.17, 15) is 9.59 Å². The summed E-state index contributed by atoms with van der Waals surface area (Å²) < 4.78 is 0. The molecule has 0 saturated carbocycles. The number of carboxylic acids is 1. The van der Waals surface area contributed by atoms with Gasteiger partial charge in [-0.15, -0.1) is 0 Å². The van der Waals surface area contributed by atoms with E-state index in [1.807, 2.05) is 30.3 Å². The molecule has 2 atom stereocenters. The van der Waals surface area contributed by atoms with Gasteiger partial charge in [0, 0.05) is 6.42 Å². The van der Waals surface area contributed by atoms with E-state index < -0.39 is 24.0 Å². The van der Waals surface area contributed by atoms with E-state index in [1.54, 1.807) is 0 Å². The topological polar surface area (TPSA) is 88.0 Å². The number of benzene rings is 1. The number of rotatable bonds is 4. The summed E-state index contributed by atoms with van der Waals surface area (Å²) in [6, 6.07) is 8.44. The van der Waals surface area contributed by atoms with Crippen LogP contribution in [0.3, 0.4) is 0 Å². The van der Waals surface area contributed by atoms with E-state index in [0.29, 0.717) is 12.1 Å². The Morgan fingerprint density at radius 3 is 2.74 bits per heavy atom. The lowest BCUT2D eigenvalue weighted by atomic mass is 10.0. The lowest BCUT2D eigenvalue weighted by molar-refractivity contribution is -0.143. The predicted molar refractivity (Wildman–Crippen MR) is 67.7 cm³/mol. The molecule has 1 unspecified atom stereocenters. The van der Waals surface area contributed by atoms with Gasteiger partial charge in [-0.2, -0.15) is 0 Å². The van der Waals surface area contributed by atoms with Gasteiger partial charge in [-0.1, -0.05) is 35.5 Å². The third kappa shape index (κ3) is 3.09. The summed E-state index contributed by atoms with van der Waals surface area (Å²) >= 11 is 0. The van der Waals surface area contributed by atoms with Gasteiger partial charge in [0.2, 0.25) is 6.10 Å². The van der Waals surface area contributed by atoms with E-state index in [1.165, 1.54) is 6.92 Å². The molecule has 0 aliphatic carbocycles. The lowest BCUT2D eigenvalue weighted by Crippen LogP contribution is -2.43. The second-order valence-corrected chi connectivity index (χ2v) is 4.27. The molecule has 1 amide bonds. The SMILES string of the molecule is C[C@@H](NC(=O)C1CC(c2ccccc2)=NO1)C(=O)O. The Labute approximate surface area is 110 Å². The lowest BCUT2D eigenvalue weighted by Gasteiger charge is -2.12. The zero-order chi connectivity index (χ0) is 13.8. The molecule has 0 spiro atoms. The fraction of sp³-hybridized carbons (Fsp3) is 0.308. The molecule has 2 rings (SSSR count). The number of carboxylic acid groups (broad SMARTS) is 1. The second-order valence-electron chi connectivity index (χ2n) is 4.27. The molecular formula is C13H14N2O4. The Balaban J connectivity index is 1.94. The minimum Gasteiger partial charge on any atom is -0.480 e. The standard InChI is InChI=1S/C13H14N2O4/c1-8(13(17)18)14-12(16)11-7-10(15-19-11)9-5-3-2-4-6-9/h2-6,8,11H,7H2,1H3,(H,14,16)(H,17,18)/t8-,11?/m1/s1. The van der Waals surface area contributed by atoms with Crippen LogP contribution in [0.15, 0.2) is 35.5 Å². The largest absolute Gasteiger partial charge is 0.480 e. The zero-order valence-corrected chi connectivity index (χ0v) is 10.4. The predicted octanol–water partition coefficient (Wildman–Crippen LogP) is 0.769. The molecule has 1 heterocycles. The monoisotopic (exact) mass is 262 g/mol. The fourth-order valence-electron chi connectivity index (χ4n) is 1.69. The Hall–Kier alpha value is -2.37. The molecule has 0 radical (unpaired) electrons. The zero-order valence-electron chi connectivity index (χ0n) is 10.4. The molecule has 6 heteroatoms. The average Bonchev–Trinajstić information content (AvgIpc) is 2.89. The summed E-state index contributed by atoms with van der Waals surface area (Å²) in [6.45, 7) is 1.40. The van der Waals surface area contributed by atoms with Crippen molar-refractivity contribution in [1.82, 2.24) is 5.32 Å². The normalized spacial score (nSPS) is 19.2. The van der Waals surface area contributed by atoms with Crippen molar-refractivity contribution < 1.29 is 19.5 Å². The summed E-state index contributed by atoms with van der Waals surface area (Å²) in [7, 11) is 0. The van der Waals surface area contributed by atoms with Crippen molar-refractivity contribution in [3.63, 3.8) is 0 Å². The highest BCUT2D eigenvalue weighted by atomic mass is 16.6. The summed E-state index contributed by atoms with van der Waals surface area (Å²) in [5, 5.41) is 14.9. The van der Waals surface area contributed by atoms with Crippen LogP contribution in [-0.2, 0) is 14.4 Å². The van der Waals surface area contributed by atoms with Gasteiger partial charge in [-0.3, -0.25) is 9.59 Å². The molecule has 100 valence electrons. The van der Waals surface area contributed by atoms with Crippen LogP contribution in [0.25, 0.3) is 0 Å². The van der Waals surface area contributed by atoms with Crippen LogP contribution in [0.2, 0.25) is 0 Å². The van der Waals surface area contributed by atoms with Crippen LogP contribution in [0.1, 0.15) is 18.9 Å². The molecule has 0 bridgehead atoms. The number of aliphatic carboxylic acids is 1. The number of hydrogen-bond donors (Lipinski definition) is 2. The average molecular weight is 262 g/mol. The van der Waals surface area contributed by atoms with Crippen LogP contribution >= 0.6 is 0 Å². The van der Waals surface area contributed by atoms with Crippen LogP contribution in [0.5, 0.6) is 0 Å². The number of nitrogens with zero attached hydrogens (tertiary/aromatic N) is 1. The van der Waals surface area contributed by atoms with Crippen molar-refractivity contribution in [2.75, 3.05) is 0 Å².